The summed E-state index contributed by atoms with van der Waals surface area (Å²) >= 11 is 0. The van der Waals surface area contributed by atoms with Crippen molar-refractivity contribution in [2.45, 2.75) is 30.3 Å². The SMILES string of the molecule is O=S(=O)(C1CC1)N1CC1c1ccc(-c2noc(C(F)(F)F)n2)cc1. The second-order valence-electron chi connectivity index (χ2n) is 5.87. The molecule has 1 saturated carbocycles. The predicted octanol–water partition coefficient (Wildman–Crippen LogP) is 2.60. The predicted molar refractivity (Wildman–Crippen MR) is 76.1 cm³/mol. The van der Waals surface area contributed by atoms with Crippen LogP contribution in [-0.2, 0) is 16.2 Å². The lowest BCUT2D eigenvalue weighted by Gasteiger charge is -2.05. The van der Waals surface area contributed by atoms with Crippen LogP contribution in [0.3, 0.4) is 0 Å². The number of halogens is 3. The molecule has 0 radical (unpaired) electrons. The highest BCUT2D eigenvalue weighted by Gasteiger charge is 2.51. The molecule has 1 aliphatic heterocycles. The van der Waals surface area contributed by atoms with E-state index in [-0.39, 0.29) is 17.1 Å². The van der Waals surface area contributed by atoms with E-state index in [2.05, 4.69) is 14.7 Å². The fourth-order valence-corrected chi connectivity index (χ4v) is 4.48. The third-order valence-electron chi connectivity index (χ3n) is 4.06. The van der Waals surface area contributed by atoms with Gasteiger partial charge in [-0.1, -0.05) is 29.4 Å². The van der Waals surface area contributed by atoms with E-state index in [4.69, 9.17) is 0 Å². The molecule has 10 heteroatoms. The summed E-state index contributed by atoms with van der Waals surface area (Å²) in [4.78, 5) is 3.32. The molecule has 0 amide bonds. The Bertz CT molecular complexity index is 873. The molecule has 128 valence electrons. The lowest BCUT2D eigenvalue weighted by atomic mass is 10.1. The van der Waals surface area contributed by atoms with Crippen molar-refractivity contribution in [3.05, 3.63) is 35.7 Å². The number of hydrogen-bond acceptors (Lipinski definition) is 5. The van der Waals surface area contributed by atoms with Crippen molar-refractivity contribution in [3.63, 3.8) is 0 Å². The second kappa shape index (κ2) is 5.03. The molecule has 2 atom stereocenters. The highest BCUT2D eigenvalue weighted by Crippen LogP contribution is 2.44. The lowest BCUT2D eigenvalue weighted by Crippen LogP contribution is -2.17. The summed E-state index contributed by atoms with van der Waals surface area (Å²) in [6.07, 6.45) is -3.26. The van der Waals surface area contributed by atoms with Gasteiger partial charge < -0.3 is 4.52 Å². The Hall–Kier alpha value is -1.94. The molecule has 2 fully saturated rings. The average molecular weight is 359 g/mol. The maximum absolute atomic E-state index is 12.5. The van der Waals surface area contributed by atoms with E-state index in [1.807, 2.05) is 0 Å². The minimum atomic E-state index is -4.68. The minimum absolute atomic E-state index is 0.160. The van der Waals surface area contributed by atoms with E-state index in [0.29, 0.717) is 24.9 Å². The van der Waals surface area contributed by atoms with Gasteiger partial charge in [0.1, 0.15) is 0 Å². The number of alkyl halides is 3. The van der Waals surface area contributed by atoms with Crippen LogP contribution >= 0.6 is 0 Å². The van der Waals surface area contributed by atoms with Crippen molar-refractivity contribution in [1.82, 2.24) is 14.4 Å². The molecule has 1 aromatic carbocycles. The number of benzene rings is 1. The first-order chi connectivity index (χ1) is 11.3. The molecule has 6 nitrogen and oxygen atoms in total. The zero-order valence-electron chi connectivity index (χ0n) is 12.2. The van der Waals surface area contributed by atoms with Crippen LogP contribution < -0.4 is 0 Å². The molecule has 0 spiro atoms. The maximum atomic E-state index is 12.5. The van der Waals surface area contributed by atoms with Gasteiger partial charge in [-0.15, -0.1) is 0 Å². The van der Waals surface area contributed by atoms with Crippen molar-refractivity contribution in [2.75, 3.05) is 6.54 Å². The summed E-state index contributed by atoms with van der Waals surface area (Å²) in [6.45, 7) is 0.443. The molecule has 1 saturated heterocycles. The normalized spacial score (nSPS) is 24.1. The van der Waals surface area contributed by atoms with Crippen LogP contribution in [0.4, 0.5) is 13.2 Å². The quantitative estimate of drug-likeness (QED) is 0.785. The molecule has 1 aliphatic carbocycles. The number of nitrogens with zero attached hydrogens (tertiary/aromatic N) is 3. The Kier molecular flexibility index (Phi) is 3.26. The maximum Gasteiger partial charge on any atom is 0.471 e. The van der Waals surface area contributed by atoms with Gasteiger partial charge in [0, 0.05) is 12.1 Å². The summed E-state index contributed by atoms with van der Waals surface area (Å²) in [6, 6.07) is 6.26. The van der Waals surface area contributed by atoms with Gasteiger partial charge in [0.2, 0.25) is 15.8 Å². The van der Waals surface area contributed by atoms with E-state index >= 15 is 0 Å². The smallest absolute Gasteiger partial charge is 0.329 e. The first-order valence-corrected chi connectivity index (χ1v) is 8.79. The number of aromatic nitrogens is 2. The van der Waals surface area contributed by atoms with Crippen LogP contribution in [-0.4, -0.2) is 34.7 Å². The van der Waals surface area contributed by atoms with Gasteiger partial charge in [-0.05, 0) is 18.4 Å². The van der Waals surface area contributed by atoms with Crippen LogP contribution in [0.5, 0.6) is 0 Å². The van der Waals surface area contributed by atoms with Crippen molar-refractivity contribution >= 4 is 10.0 Å². The van der Waals surface area contributed by atoms with Crippen LogP contribution in [0, 0.1) is 0 Å². The van der Waals surface area contributed by atoms with Gasteiger partial charge in [-0.3, -0.25) is 0 Å². The summed E-state index contributed by atoms with van der Waals surface area (Å²) < 4.78 is 67.3. The van der Waals surface area contributed by atoms with Crippen LogP contribution in [0.1, 0.15) is 30.3 Å². The van der Waals surface area contributed by atoms with Gasteiger partial charge in [0.05, 0.1) is 11.3 Å². The first-order valence-electron chi connectivity index (χ1n) is 7.29. The van der Waals surface area contributed by atoms with Gasteiger partial charge in [-0.25, -0.2) is 8.42 Å². The summed E-state index contributed by atoms with van der Waals surface area (Å²) in [5, 5.41) is 3.07. The van der Waals surface area contributed by atoms with Crippen molar-refractivity contribution in [2.24, 2.45) is 0 Å². The monoisotopic (exact) mass is 359 g/mol. The third-order valence-corrected chi connectivity index (χ3v) is 6.43. The Labute approximate surface area is 135 Å². The molecule has 0 bridgehead atoms. The third kappa shape index (κ3) is 2.69. The zero-order valence-corrected chi connectivity index (χ0v) is 13.0. The zero-order chi connectivity index (χ0) is 17.1. The van der Waals surface area contributed by atoms with E-state index in [1.54, 1.807) is 24.3 Å². The molecule has 24 heavy (non-hydrogen) atoms. The van der Waals surface area contributed by atoms with Crippen LogP contribution in [0.2, 0.25) is 0 Å². The number of sulfonamides is 1. The lowest BCUT2D eigenvalue weighted by molar-refractivity contribution is -0.159. The van der Waals surface area contributed by atoms with E-state index < -0.39 is 22.1 Å². The molecule has 1 aromatic heterocycles. The standard InChI is InChI=1S/C14H12F3N3O3S/c15-14(16,17)13-18-12(19-23-13)9-3-1-8(2-4-9)11-7-20(11)24(21,22)10-5-6-10/h1-4,10-11H,5-7H2. The Morgan fingerprint density at radius 2 is 1.83 bits per heavy atom. The molecule has 2 heterocycles. The van der Waals surface area contributed by atoms with Crippen molar-refractivity contribution in [3.8, 4) is 11.4 Å². The first kappa shape index (κ1) is 15.6. The molecular formula is C14H12F3N3O3S. The Balaban J connectivity index is 1.51. The van der Waals surface area contributed by atoms with Crippen molar-refractivity contribution in [1.29, 1.82) is 0 Å². The highest BCUT2D eigenvalue weighted by molar-refractivity contribution is 7.90. The topological polar surface area (TPSA) is 76.1 Å². The summed E-state index contributed by atoms with van der Waals surface area (Å²) in [5.74, 6) is -1.56. The van der Waals surface area contributed by atoms with Gasteiger partial charge in [0.15, 0.2) is 0 Å². The molecule has 4 rings (SSSR count). The van der Waals surface area contributed by atoms with Gasteiger partial charge >= 0.3 is 12.1 Å². The molecular weight excluding hydrogens is 347 g/mol. The largest absolute Gasteiger partial charge is 0.471 e. The highest BCUT2D eigenvalue weighted by atomic mass is 32.2. The minimum Gasteiger partial charge on any atom is -0.329 e. The fourth-order valence-electron chi connectivity index (χ4n) is 2.54. The van der Waals surface area contributed by atoms with E-state index in [1.165, 1.54) is 4.31 Å². The van der Waals surface area contributed by atoms with Gasteiger partial charge in [0.25, 0.3) is 0 Å². The Morgan fingerprint density at radius 3 is 2.38 bits per heavy atom. The number of hydrogen-bond donors (Lipinski definition) is 0. The van der Waals surface area contributed by atoms with E-state index in [9.17, 15) is 21.6 Å². The fraction of sp³-hybridized carbons (Fsp3) is 0.429. The van der Waals surface area contributed by atoms with Crippen molar-refractivity contribution < 1.29 is 26.1 Å². The molecule has 0 N–H and O–H groups in total. The molecule has 2 unspecified atom stereocenters. The summed E-state index contributed by atoms with van der Waals surface area (Å²) in [7, 11) is -3.20. The summed E-state index contributed by atoms with van der Waals surface area (Å²) in [5.41, 5.74) is 1.16. The molecule has 2 aromatic rings. The number of rotatable bonds is 4. The second-order valence-corrected chi connectivity index (χ2v) is 8.04. The van der Waals surface area contributed by atoms with Gasteiger partial charge in [-0.2, -0.15) is 22.5 Å². The van der Waals surface area contributed by atoms with E-state index in [0.717, 1.165) is 5.56 Å². The van der Waals surface area contributed by atoms with Crippen LogP contribution in [0.25, 0.3) is 11.4 Å². The Morgan fingerprint density at radius 1 is 1.17 bits per heavy atom. The average Bonchev–Trinajstić information content (AvgIpc) is 3.43. The molecule has 2 aliphatic rings. The van der Waals surface area contributed by atoms with Crippen LogP contribution in [0.15, 0.2) is 28.8 Å².